The number of benzene rings is 1. The van der Waals surface area contributed by atoms with Gasteiger partial charge in [0.1, 0.15) is 0 Å². The highest BCUT2D eigenvalue weighted by molar-refractivity contribution is 6.33. The fourth-order valence-electron chi connectivity index (χ4n) is 2.13. The molecule has 1 unspecified atom stereocenters. The molecule has 0 radical (unpaired) electrons. The van der Waals surface area contributed by atoms with Gasteiger partial charge < -0.3 is 10.6 Å². The zero-order chi connectivity index (χ0) is 11.4. The summed E-state index contributed by atoms with van der Waals surface area (Å²) in [6.45, 7) is 5.39. The van der Waals surface area contributed by atoms with Crippen molar-refractivity contribution < 1.29 is 0 Å². The second-order valence-corrected chi connectivity index (χ2v) is 4.98. The molecule has 1 aliphatic heterocycles. The molecule has 1 aromatic rings. The van der Waals surface area contributed by atoms with Crippen LogP contribution in [0.25, 0.3) is 0 Å². The van der Waals surface area contributed by atoms with E-state index in [-0.39, 0.29) is 0 Å². The summed E-state index contributed by atoms with van der Waals surface area (Å²) < 4.78 is 0. The molecule has 0 spiro atoms. The molecule has 0 saturated carbocycles. The van der Waals surface area contributed by atoms with Crippen LogP contribution in [0.5, 0.6) is 0 Å². The second-order valence-electron chi connectivity index (χ2n) is 4.58. The van der Waals surface area contributed by atoms with Gasteiger partial charge in [-0.15, -0.1) is 0 Å². The van der Waals surface area contributed by atoms with E-state index in [0.717, 1.165) is 29.7 Å². The fourth-order valence-corrected chi connectivity index (χ4v) is 2.31. The first-order valence-corrected chi connectivity index (χ1v) is 6.34. The molecule has 1 aromatic carbocycles. The third-order valence-electron chi connectivity index (χ3n) is 3.10. The Kier molecular flexibility index (Phi) is 4.08. The molecular weight excluding hydrogens is 220 g/mol. The van der Waals surface area contributed by atoms with Gasteiger partial charge in [-0.25, -0.2) is 0 Å². The smallest absolute Gasteiger partial charge is 0.0637 e. The van der Waals surface area contributed by atoms with Crippen LogP contribution in [0.2, 0.25) is 5.02 Å². The van der Waals surface area contributed by atoms with Gasteiger partial charge in [0.2, 0.25) is 0 Å². The van der Waals surface area contributed by atoms with E-state index in [1.54, 1.807) is 0 Å². The predicted molar refractivity (Wildman–Crippen MR) is 70.3 cm³/mol. The topological polar surface area (TPSA) is 24.1 Å². The molecule has 1 saturated heterocycles. The van der Waals surface area contributed by atoms with Crippen LogP contribution in [-0.4, -0.2) is 19.6 Å². The van der Waals surface area contributed by atoms with E-state index < -0.39 is 0 Å². The van der Waals surface area contributed by atoms with Gasteiger partial charge in [-0.3, -0.25) is 0 Å². The monoisotopic (exact) mass is 238 g/mol. The van der Waals surface area contributed by atoms with Crippen LogP contribution in [0.15, 0.2) is 18.2 Å². The zero-order valence-corrected chi connectivity index (χ0v) is 10.5. The van der Waals surface area contributed by atoms with Crippen LogP contribution in [-0.2, 0) is 0 Å². The molecule has 3 heteroatoms. The van der Waals surface area contributed by atoms with E-state index >= 15 is 0 Å². The third kappa shape index (κ3) is 3.13. The van der Waals surface area contributed by atoms with E-state index in [0.29, 0.717) is 0 Å². The zero-order valence-electron chi connectivity index (χ0n) is 9.72. The van der Waals surface area contributed by atoms with Gasteiger partial charge in [-0.2, -0.15) is 0 Å². The quantitative estimate of drug-likeness (QED) is 0.846. The molecule has 0 aliphatic carbocycles. The molecule has 88 valence electrons. The van der Waals surface area contributed by atoms with Crippen LogP contribution >= 0.6 is 11.6 Å². The van der Waals surface area contributed by atoms with E-state index in [1.165, 1.54) is 24.9 Å². The number of rotatable bonds is 3. The summed E-state index contributed by atoms with van der Waals surface area (Å²) in [5.74, 6) is 0.727. The normalized spacial score (nSPS) is 20.8. The van der Waals surface area contributed by atoms with E-state index in [4.69, 9.17) is 11.6 Å². The summed E-state index contributed by atoms with van der Waals surface area (Å²) >= 11 is 6.14. The number of nitrogens with one attached hydrogen (secondary N) is 2. The molecule has 16 heavy (non-hydrogen) atoms. The van der Waals surface area contributed by atoms with Crippen molar-refractivity contribution in [2.45, 2.75) is 19.8 Å². The Balaban J connectivity index is 1.90. The van der Waals surface area contributed by atoms with Crippen LogP contribution < -0.4 is 10.6 Å². The first-order chi connectivity index (χ1) is 7.75. The summed E-state index contributed by atoms with van der Waals surface area (Å²) in [4.78, 5) is 0. The largest absolute Gasteiger partial charge is 0.384 e. The van der Waals surface area contributed by atoms with Gasteiger partial charge in [0.15, 0.2) is 0 Å². The lowest BCUT2D eigenvalue weighted by molar-refractivity contribution is 0.393. The van der Waals surface area contributed by atoms with Gasteiger partial charge in [0.25, 0.3) is 0 Å². The average Bonchev–Trinajstić information content (AvgIpc) is 2.32. The number of aryl methyl sites for hydroxylation is 1. The second kappa shape index (κ2) is 5.55. The van der Waals surface area contributed by atoms with Crippen molar-refractivity contribution in [3.05, 3.63) is 28.8 Å². The Morgan fingerprint density at radius 3 is 3.12 bits per heavy atom. The van der Waals surface area contributed by atoms with Crippen LogP contribution in [0, 0.1) is 12.8 Å². The van der Waals surface area contributed by atoms with Crippen LogP contribution in [0.4, 0.5) is 5.69 Å². The summed E-state index contributed by atoms with van der Waals surface area (Å²) in [6.07, 6.45) is 2.59. The van der Waals surface area contributed by atoms with Crippen molar-refractivity contribution in [3.63, 3.8) is 0 Å². The first kappa shape index (κ1) is 11.7. The number of anilines is 1. The van der Waals surface area contributed by atoms with Crippen LogP contribution in [0.3, 0.4) is 0 Å². The Hall–Kier alpha value is -0.730. The average molecular weight is 239 g/mol. The van der Waals surface area contributed by atoms with Crippen molar-refractivity contribution in [2.24, 2.45) is 5.92 Å². The van der Waals surface area contributed by atoms with Gasteiger partial charge in [-0.1, -0.05) is 17.7 Å². The molecule has 2 nitrogen and oxygen atoms in total. The molecule has 0 aromatic heterocycles. The minimum absolute atomic E-state index is 0.727. The van der Waals surface area contributed by atoms with Crippen molar-refractivity contribution in [3.8, 4) is 0 Å². The van der Waals surface area contributed by atoms with E-state index in [9.17, 15) is 0 Å². The molecule has 0 bridgehead atoms. The minimum Gasteiger partial charge on any atom is -0.384 e. The molecule has 2 rings (SSSR count). The Morgan fingerprint density at radius 1 is 1.50 bits per heavy atom. The standard InChI is InChI=1S/C13H19ClN2/c1-10-4-5-12(14)13(7-10)16-9-11-3-2-6-15-8-11/h4-5,7,11,15-16H,2-3,6,8-9H2,1H3. The number of halogens is 1. The highest BCUT2D eigenvalue weighted by Gasteiger charge is 2.12. The first-order valence-electron chi connectivity index (χ1n) is 5.96. The Morgan fingerprint density at radius 2 is 2.38 bits per heavy atom. The lowest BCUT2D eigenvalue weighted by atomic mass is 9.99. The van der Waals surface area contributed by atoms with Gasteiger partial charge in [0.05, 0.1) is 10.7 Å². The van der Waals surface area contributed by atoms with Gasteiger partial charge >= 0.3 is 0 Å². The van der Waals surface area contributed by atoms with Crippen molar-refractivity contribution in [1.82, 2.24) is 5.32 Å². The number of hydrogen-bond acceptors (Lipinski definition) is 2. The molecule has 1 heterocycles. The van der Waals surface area contributed by atoms with E-state index in [1.807, 2.05) is 12.1 Å². The predicted octanol–water partition coefficient (Wildman–Crippen LogP) is 3.06. The van der Waals surface area contributed by atoms with Crippen molar-refractivity contribution >= 4 is 17.3 Å². The SMILES string of the molecule is Cc1ccc(Cl)c(NCC2CCCNC2)c1. The fraction of sp³-hybridized carbons (Fsp3) is 0.538. The maximum Gasteiger partial charge on any atom is 0.0637 e. The third-order valence-corrected chi connectivity index (χ3v) is 3.43. The minimum atomic E-state index is 0.727. The van der Waals surface area contributed by atoms with Crippen molar-refractivity contribution in [1.29, 1.82) is 0 Å². The van der Waals surface area contributed by atoms with Crippen LogP contribution in [0.1, 0.15) is 18.4 Å². The summed E-state index contributed by atoms with van der Waals surface area (Å²) in [6, 6.07) is 6.10. The number of hydrogen-bond donors (Lipinski definition) is 2. The molecule has 1 aliphatic rings. The number of piperidine rings is 1. The lowest BCUT2D eigenvalue weighted by Crippen LogP contribution is -2.33. The Bertz CT molecular complexity index is 346. The summed E-state index contributed by atoms with van der Waals surface area (Å²) in [5.41, 5.74) is 2.31. The van der Waals surface area contributed by atoms with Gasteiger partial charge in [0, 0.05) is 6.54 Å². The highest BCUT2D eigenvalue weighted by atomic mass is 35.5. The maximum atomic E-state index is 6.14. The Labute approximate surface area is 102 Å². The van der Waals surface area contributed by atoms with Crippen molar-refractivity contribution in [2.75, 3.05) is 25.0 Å². The van der Waals surface area contributed by atoms with E-state index in [2.05, 4.69) is 23.6 Å². The summed E-state index contributed by atoms with van der Waals surface area (Å²) in [5, 5.41) is 7.69. The lowest BCUT2D eigenvalue weighted by Gasteiger charge is -2.23. The maximum absolute atomic E-state index is 6.14. The summed E-state index contributed by atoms with van der Waals surface area (Å²) in [7, 11) is 0. The molecular formula is C13H19ClN2. The molecule has 0 amide bonds. The molecule has 2 N–H and O–H groups in total. The highest BCUT2D eigenvalue weighted by Crippen LogP contribution is 2.23. The molecule has 1 atom stereocenters. The van der Waals surface area contributed by atoms with Gasteiger partial charge in [-0.05, 0) is 56.5 Å². The molecule has 1 fully saturated rings.